The number of nitrogens with one attached hydrogen (secondary N) is 2. The summed E-state index contributed by atoms with van der Waals surface area (Å²) in [6.07, 6.45) is 1.63. The largest absolute Gasteiger partial charge is 0.468 e. The highest BCUT2D eigenvalue weighted by molar-refractivity contribution is 7.52. The second kappa shape index (κ2) is 10.6. The Labute approximate surface area is 199 Å². The molecule has 0 radical (unpaired) electrons. The molecule has 0 bridgehead atoms. The molecule has 35 heavy (non-hydrogen) atoms. The number of esters is 1. The number of hydrogen-bond acceptors (Lipinski definition) is 10. The number of methoxy groups -OCH3 is 1. The van der Waals surface area contributed by atoms with Crippen LogP contribution in [0.1, 0.15) is 13.2 Å². The molecule has 0 saturated carbocycles. The third-order valence-corrected chi connectivity index (χ3v) is 6.75. The van der Waals surface area contributed by atoms with Crippen molar-refractivity contribution >= 4 is 13.7 Å². The summed E-state index contributed by atoms with van der Waals surface area (Å²) < 4.78 is 35.3. The number of carbonyl (C=O) groups excluding carboxylic acids is 1. The van der Waals surface area contributed by atoms with Crippen molar-refractivity contribution in [2.45, 2.75) is 37.0 Å². The highest BCUT2D eigenvalue weighted by Crippen LogP contribution is 2.46. The topological polar surface area (TPSA) is 178 Å². The number of nitrogens with zero attached hydrogens (tertiary/aromatic N) is 1. The molecule has 13 nitrogen and oxygen atoms in total. The van der Waals surface area contributed by atoms with Gasteiger partial charge in [-0.2, -0.15) is 5.09 Å². The van der Waals surface area contributed by atoms with Gasteiger partial charge in [0.1, 0.15) is 24.0 Å². The van der Waals surface area contributed by atoms with Crippen LogP contribution in [0.4, 0.5) is 0 Å². The molecule has 1 aliphatic rings. The van der Waals surface area contributed by atoms with Crippen molar-refractivity contribution in [1.82, 2.24) is 14.6 Å². The van der Waals surface area contributed by atoms with Crippen LogP contribution in [0.5, 0.6) is 5.75 Å². The molecule has 0 aliphatic carbocycles. The summed E-state index contributed by atoms with van der Waals surface area (Å²) >= 11 is 0. The lowest BCUT2D eigenvalue weighted by molar-refractivity contribution is -0.142. The van der Waals surface area contributed by atoms with Crippen LogP contribution in [-0.4, -0.2) is 63.3 Å². The molecule has 0 amide bonds. The Morgan fingerprint density at radius 1 is 1.37 bits per heavy atom. The van der Waals surface area contributed by atoms with E-state index in [1.165, 1.54) is 19.1 Å². The van der Waals surface area contributed by atoms with Gasteiger partial charge in [0.05, 0.1) is 13.7 Å². The van der Waals surface area contributed by atoms with Gasteiger partial charge in [0, 0.05) is 12.3 Å². The Morgan fingerprint density at radius 2 is 2.06 bits per heavy atom. The monoisotopic (exact) mass is 509 g/mol. The van der Waals surface area contributed by atoms with Crippen molar-refractivity contribution in [3.8, 4) is 18.1 Å². The summed E-state index contributed by atoms with van der Waals surface area (Å²) in [4.78, 5) is 37.4. The third kappa shape index (κ3) is 5.71. The van der Waals surface area contributed by atoms with E-state index in [9.17, 15) is 29.2 Å². The van der Waals surface area contributed by atoms with Crippen LogP contribution < -0.4 is 20.9 Å². The number of benzene rings is 1. The highest BCUT2D eigenvalue weighted by Gasteiger charge is 2.56. The van der Waals surface area contributed by atoms with Gasteiger partial charge in [-0.25, -0.2) is 9.36 Å². The maximum absolute atomic E-state index is 13.5. The van der Waals surface area contributed by atoms with Gasteiger partial charge in [-0.3, -0.25) is 23.7 Å². The molecule has 188 valence electrons. The normalized spacial score (nSPS) is 26.3. The van der Waals surface area contributed by atoms with E-state index >= 15 is 0 Å². The van der Waals surface area contributed by atoms with Crippen LogP contribution in [0, 0.1) is 12.3 Å². The fourth-order valence-corrected chi connectivity index (χ4v) is 4.80. The minimum Gasteiger partial charge on any atom is -0.468 e. The van der Waals surface area contributed by atoms with E-state index in [4.69, 9.17) is 20.2 Å². The first-order valence-electron chi connectivity index (χ1n) is 10.2. The molecular formula is C21H24N3O10P. The molecule has 1 fully saturated rings. The molecule has 0 spiro atoms. The van der Waals surface area contributed by atoms with Gasteiger partial charge < -0.3 is 24.2 Å². The number of aromatic nitrogens is 2. The maximum Gasteiger partial charge on any atom is 0.459 e. The van der Waals surface area contributed by atoms with Crippen molar-refractivity contribution in [1.29, 1.82) is 0 Å². The second-order valence-electron chi connectivity index (χ2n) is 7.53. The van der Waals surface area contributed by atoms with E-state index in [1.807, 2.05) is 10.9 Å². The van der Waals surface area contributed by atoms with Crippen molar-refractivity contribution in [2.24, 2.45) is 0 Å². The van der Waals surface area contributed by atoms with Crippen molar-refractivity contribution in [3.05, 3.63) is 63.4 Å². The summed E-state index contributed by atoms with van der Waals surface area (Å²) in [6.45, 7) is 0.720. The van der Waals surface area contributed by atoms with Gasteiger partial charge in [0.15, 0.2) is 11.8 Å². The van der Waals surface area contributed by atoms with Crippen LogP contribution in [0.25, 0.3) is 0 Å². The lowest BCUT2D eigenvalue weighted by Crippen LogP contribution is -2.48. The number of hydrogen-bond donors (Lipinski definition) is 4. The number of H-pyrrole nitrogens is 1. The van der Waals surface area contributed by atoms with Crippen molar-refractivity contribution in [3.63, 3.8) is 0 Å². The summed E-state index contributed by atoms with van der Waals surface area (Å²) in [5.41, 5.74) is -4.05. The quantitative estimate of drug-likeness (QED) is 0.195. The molecule has 4 N–H and O–H groups in total. The minimum atomic E-state index is -4.29. The molecule has 6 atom stereocenters. The first-order valence-corrected chi connectivity index (χ1v) is 11.8. The minimum absolute atomic E-state index is 0.145. The van der Waals surface area contributed by atoms with Gasteiger partial charge in [-0.15, -0.1) is 6.42 Å². The van der Waals surface area contributed by atoms with Crippen molar-refractivity contribution < 1.29 is 38.1 Å². The zero-order valence-corrected chi connectivity index (χ0v) is 19.6. The van der Waals surface area contributed by atoms with E-state index in [-0.39, 0.29) is 5.75 Å². The van der Waals surface area contributed by atoms with Crippen LogP contribution in [0.15, 0.2) is 52.2 Å². The molecular weight excluding hydrogens is 485 g/mol. The lowest BCUT2D eigenvalue weighted by atomic mass is 9.95. The SMILES string of the molecule is C#C[C@@]1(O)C(n2ccc(=O)[nH]c2=O)O[C@H](COP(=O)(N[C@@H](C)C(=O)OC)Oc2ccccc2)[C@H]1O. The predicted molar refractivity (Wildman–Crippen MR) is 120 cm³/mol. The van der Waals surface area contributed by atoms with E-state index in [0.29, 0.717) is 0 Å². The molecule has 1 aliphatic heterocycles. The summed E-state index contributed by atoms with van der Waals surface area (Å²) in [5, 5.41) is 24.0. The van der Waals surface area contributed by atoms with Crippen LogP contribution in [-0.2, 0) is 23.4 Å². The first-order chi connectivity index (χ1) is 16.5. The summed E-state index contributed by atoms with van der Waals surface area (Å²) in [6, 6.07) is 7.82. The molecule has 1 aromatic heterocycles. The van der Waals surface area contributed by atoms with E-state index < -0.39 is 61.7 Å². The fraction of sp³-hybridized carbons (Fsp3) is 0.381. The number of terminal acetylenes is 1. The number of ether oxygens (including phenoxy) is 2. The highest BCUT2D eigenvalue weighted by atomic mass is 31.2. The van der Waals surface area contributed by atoms with E-state index in [2.05, 4.69) is 9.82 Å². The number of para-hydroxylation sites is 1. The van der Waals surface area contributed by atoms with Crippen LogP contribution in [0.3, 0.4) is 0 Å². The number of aliphatic hydroxyl groups excluding tert-OH is 1. The van der Waals surface area contributed by atoms with Crippen molar-refractivity contribution in [2.75, 3.05) is 13.7 Å². The molecule has 1 saturated heterocycles. The summed E-state index contributed by atoms with van der Waals surface area (Å²) in [5.74, 6) is 1.39. The Balaban J connectivity index is 1.85. The Bertz CT molecular complexity index is 1260. The predicted octanol–water partition coefficient (Wildman–Crippen LogP) is -0.486. The Hall–Kier alpha value is -3.24. The molecule has 3 rings (SSSR count). The number of carbonyl (C=O) groups is 1. The third-order valence-electron chi connectivity index (χ3n) is 5.10. The fourth-order valence-electron chi connectivity index (χ4n) is 3.30. The zero-order chi connectivity index (χ0) is 25.8. The number of rotatable bonds is 9. The molecule has 2 heterocycles. The molecule has 2 unspecified atom stereocenters. The van der Waals surface area contributed by atoms with Gasteiger partial charge in [0.2, 0.25) is 0 Å². The molecule has 1 aromatic carbocycles. The number of aromatic amines is 1. The van der Waals surface area contributed by atoms with Crippen LogP contribution >= 0.6 is 7.75 Å². The second-order valence-corrected chi connectivity index (χ2v) is 9.22. The van der Waals surface area contributed by atoms with Crippen LogP contribution in [0.2, 0.25) is 0 Å². The average molecular weight is 509 g/mol. The van der Waals surface area contributed by atoms with E-state index in [0.717, 1.165) is 23.9 Å². The zero-order valence-electron chi connectivity index (χ0n) is 18.7. The summed E-state index contributed by atoms with van der Waals surface area (Å²) in [7, 11) is -3.15. The average Bonchev–Trinajstić information content (AvgIpc) is 3.08. The number of aliphatic hydroxyl groups is 2. The smallest absolute Gasteiger partial charge is 0.459 e. The Morgan fingerprint density at radius 3 is 2.66 bits per heavy atom. The van der Waals surface area contributed by atoms with Gasteiger partial charge in [0.25, 0.3) is 5.56 Å². The molecule has 2 aromatic rings. The van der Waals surface area contributed by atoms with Gasteiger partial charge in [-0.05, 0) is 19.1 Å². The maximum atomic E-state index is 13.5. The standard InChI is InChI=1S/C21H24N3O10P/c1-4-21(29)17(26)15(33-19(21)24-11-10-16(25)22-20(24)28)12-32-35(30,23-13(2)18(27)31-3)34-14-8-6-5-7-9-14/h1,5-11,13,15,17,19,26,29H,12H2,2-3H3,(H,23,30)(H,22,25,28)/t13-,15+,17+,19?,21-,35?/m0/s1. The first kappa shape index (κ1) is 26.4. The lowest BCUT2D eigenvalue weighted by Gasteiger charge is -2.26. The Kier molecular flexibility index (Phi) is 7.97. The molecule has 14 heteroatoms. The van der Waals surface area contributed by atoms with E-state index in [1.54, 1.807) is 18.2 Å². The van der Waals surface area contributed by atoms with Gasteiger partial charge in [-0.1, -0.05) is 24.1 Å². The van der Waals surface area contributed by atoms with Gasteiger partial charge >= 0.3 is 19.4 Å².